The molecule has 0 aliphatic rings. The third kappa shape index (κ3) is 8.63. The van der Waals surface area contributed by atoms with Crippen LogP contribution >= 0.6 is 0 Å². The number of aryl methyl sites for hydroxylation is 1. The molecule has 0 heterocycles. The van der Waals surface area contributed by atoms with Crippen molar-refractivity contribution in [3.05, 3.63) is 34.4 Å². The van der Waals surface area contributed by atoms with Crippen molar-refractivity contribution < 1.29 is 0 Å². The summed E-state index contributed by atoms with van der Waals surface area (Å²) in [6, 6.07) is 4.61. The van der Waals surface area contributed by atoms with Gasteiger partial charge in [0, 0.05) is 39.3 Å². The van der Waals surface area contributed by atoms with Crippen LogP contribution in [0.3, 0.4) is 0 Å². The Kier molecular flexibility index (Phi) is 12.0. The van der Waals surface area contributed by atoms with E-state index in [9.17, 15) is 0 Å². The van der Waals surface area contributed by atoms with E-state index in [4.69, 9.17) is 0 Å². The monoisotopic (exact) mass is 389 g/mol. The summed E-state index contributed by atoms with van der Waals surface area (Å²) in [6.45, 7) is 28.7. The van der Waals surface area contributed by atoms with E-state index in [1.165, 1.54) is 61.4 Å². The van der Waals surface area contributed by atoms with Gasteiger partial charge in [0.1, 0.15) is 0 Å². The van der Waals surface area contributed by atoms with Crippen LogP contribution in [0, 0.1) is 26.7 Å². The van der Waals surface area contributed by atoms with Crippen LogP contribution in [-0.4, -0.2) is 67.1 Å². The Morgan fingerprint density at radius 3 is 1.82 bits per heavy atom. The summed E-state index contributed by atoms with van der Waals surface area (Å²) < 4.78 is 0. The van der Waals surface area contributed by atoms with Crippen LogP contribution in [0.4, 0.5) is 0 Å². The quantitative estimate of drug-likeness (QED) is 0.437. The highest BCUT2D eigenvalue weighted by molar-refractivity contribution is 5.38. The molecule has 0 saturated heterocycles. The normalized spacial score (nSPS) is 12.1. The molecule has 0 atom stereocenters. The van der Waals surface area contributed by atoms with Crippen molar-refractivity contribution in [2.45, 2.75) is 68.4 Å². The molecule has 1 aromatic carbocycles. The molecule has 0 saturated carbocycles. The van der Waals surface area contributed by atoms with Gasteiger partial charge in [-0.3, -0.25) is 4.90 Å². The SMILES string of the molecule is CCCN(CCN(CC)Cc1ccc(C)c(C)c1C)CCN(CC)CC(C)C. The number of likely N-dealkylation sites (N-methyl/N-ethyl adjacent to an activating group) is 2. The minimum absolute atomic E-state index is 0.747. The van der Waals surface area contributed by atoms with E-state index in [1.807, 2.05) is 0 Å². The second-order valence-corrected chi connectivity index (χ2v) is 8.79. The molecule has 0 aliphatic carbocycles. The van der Waals surface area contributed by atoms with E-state index in [0.29, 0.717) is 0 Å². The Labute approximate surface area is 176 Å². The van der Waals surface area contributed by atoms with E-state index in [0.717, 1.165) is 32.1 Å². The van der Waals surface area contributed by atoms with Crippen molar-refractivity contribution in [1.82, 2.24) is 14.7 Å². The molecular formula is C25H47N3. The largest absolute Gasteiger partial charge is 0.302 e. The first-order chi connectivity index (χ1) is 13.3. The second kappa shape index (κ2) is 13.3. The molecule has 1 aromatic rings. The number of hydrogen-bond acceptors (Lipinski definition) is 3. The number of hydrogen-bond donors (Lipinski definition) is 0. The number of rotatable bonds is 14. The molecule has 162 valence electrons. The molecule has 0 spiro atoms. The van der Waals surface area contributed by atoms with Crippen LogP contribution in [0.15, 0.2) is 12.1 Å². The third-order valence-electron chi connectivity index (χ3n) is 6.09. The highest BCUT2D eigenvalue weighted by Crippen LogP contribution is 2.18. The molecule has 0 aliphatic heterocycles. The minimum Gasteiger partial charge on any atom is -0.302 e. The predicted molar refractivity (Wildman–Crippen MR) is 125 cm³/mol. The lowest BCUT2D eigenvalue weighted by Crippen LogP contribution is -2.40. The van der Waals surface area contributed by atoms with Crippen molar-refractivity contribution in [2.24, 2.45) is 5.92 Å². The minimum atomic E-state index is 0.747. The molecular weight excluding hydrogens is 342 g/mol. The fourth-order valence-corrected chi connectivity index (χ4v) is 3.89. The first-order valence-corrected chi connectivity index (χ1v) is 11.5. The fourth-order valence-electron chi connectivity index (χ4n) is 3.89. The average Bonchev–Trinajstić information content (AvgIpc) is 2.67. The van der Waals surface area contributed by atoms with Gasteiger partial charge < -0.3 is 9.80 Å². The highest BCUT2D eigenvalue weighted by atomic mass is 15.2. The van der Waals surface area contributed by atoms with E-state index < -0.39 is 0 Å². The van der Waals surface area contributed by atoms with Crippen LogP contribution in [0.25, 0.3) is 0 Å². The summed E-state index contributed by atoms with van der Waals surface area (Å²) in [5, 5.41) is 0. The maximum Gasteiger partial charge on any atom is 0.0236 e. The lowest BCUT2D eigenvalue weighted by molar-refractivity contribution is 0.171. The molecule has 0 radical (unpaired) electrons. The van der Waals surface area contributed by atoms with Gasteiger partial charge in [0.2, 0.25) is 0 Å². The van der Waals surface area contributed by atoms with Crippen molar-refractivity contribution in [1.29, 1.82) is 0 Å². The smallest absolute Gasteiger partial charge is 0.0236 e. The van der Waals surface area contributed by atoms with Gasteiger partial charge in [-0.15, -0.1) is 0 Å². The van der Waals surface area contributed by atoms with E-state index >= 15 is 0 Å². The van der Waals surface area contributed by atoms with Gasteiger partial charge in [0.15, 0.2) is 0 Å². The Hall–Kier alpha value is -0.900. The average molecular weight is 390 g/mol. The molecule has 1 rings (SSSR count). The zero-order valence-electron chi connectivity index (χ0n) is 20.1. The Balaban J connectivity index is 2.60. The van der Waals surface area contributed by atoms with Crippen LogP contribution in [-0.2, 0) is 6.54 Å². The molecule has 3 heteroatoms. The van der Waals surface area contributed by atoms with Crippen molar-refractivity contribution in [3.8, 4) is 0 Å². The van der Waals surface area contributed by atoms with Gasteiger partial charge in [0.25, 0.3) is 0 Å². The summed E-state index contributed by atoms with van der Waals surface area (Å²) >= 11 is 0. The topological polar surface area (TPSA) is 9.72 Å². The predicted octanol–water partition coefficient (Wildman–Crippen LogP) is 5.12. The summed E-state index contributed by atoms with van der Waals surface area (Å²) in [5.41, 5.74) is 5.81. The molecule has 3 nitrogen and oxygen atoms in total. The summed E-state index contributed by atoms with van der Waals surface area (Å²) in [5.74, 6) is 0.747. The lowest BCUT2D eigenvalue weighted by atomic mass is 9.98. The molecule has 0 aromatic heterocycles. The van der Waals surface area contributed by atoms with Crippen LogP contribution in [0.5, 0.6) is 0 Å². The van der Waals surface area contributed by atoms with E-state index in [-0.39, 0.29) is 0 Å². The number of nitrogens with zero attached hydrogens (tertiary/aromatic N) is 3. The third-order valence-corrected chi connectivity index (χ3v) is 6.09. The maximum atomic E-state index is 2.67. The highest BCUT2D eigenvalue weighted by Gasteiger charge is 2.12. The Morgan fingerprint density at radius 1 is 0.714 bits per heavy atom. The molecule has 28 heavy (non-hydrogen) atoms. The van der Waals surface area contributed by atoms with Gasteiger partial charge in [0.05, 0.1) is 0 Å². The molecule has 0 bridgehead atoms. The van der Waals surface area contributed by atoms with E-state index in [1.54, 1.807) is 0 Å². The maximum absolute atomic E-state index is 2.67. The molecule has 0 unspecified atom stereocenters. The van der Waals surface area contributed by atoms with Gasteiger partial charge in [-0.1, -0.05) is 46.8 Å². The van der Waals surface area contributed by atoms with Gasteiger partial charge in [-0.25, -0.2) is 0 Å². The van der Waals surface area contributed by atoms with Gasteiger partial charge in [-0.05, 0) is 75.0 Å². The first-order valence-electron chi connectivity index (χ1n) is 11.5. The van der Waals surface area contributed by atoms with Crippen LogP contribution < -0.4 is 0 Å². The van der Waals surface area contributed by atoms with Crippen molar-refractivity contribution in [2.75, 3.05) is 52.4 Å². The fraction of sp³-hybridized carbons (Fsp3) is 0.760. The summed E-state index contributed by atoms with van der Waals surface area (Å²) in [6.07, 6.45) is 1.23. The second-order valence-electron chi connectivity index (χ2n) is 8.79. The summed E-state index contributed by atoms with van der Waals surface area (Å²) in [4.78, 5) is 7.87. The standard InChI is InChI=1S/C25H47N3/c1-9-14-28(17-15-26(10-2)19-21(4)5)18-16-27(11-3)20-25-13-12-22(6)23(7)24(25)8/h12-13,21H,9-11,14-20H2,1-8H3. The molecule has 0 N–H and O–H groups in total. The number of benzene rings is 1. The lowest BCUT2D eigenvalue weighted by Gasteiger charge is -2.30. The van der Waals surface area contributed by atoms with Crippen molar-refractivity contribution >= 4 is 0 Å². The zero-order chi connectivity index (χ0) is 21.1. The first kappa shape index (κ1) is 25.1. The summed E-state index contributed by atoms with van der Waals surface area (Å²) in [7, 11) is 0. The van der Waals surface area contributed by atoms with Gasteiger partial charge in [-0.2, -0.15) is 0 Å². The Bertz CT molecular complexity index is 553. The van der Waals surface area contributed by atoms with E-state index in [2.05, 4.69) is 82.2 Å². The van der Waals surface area contributed by atoms with Gasteiger partial charge >= 0.3 is 0 Å². The van der Waals surface area contributed by atoms with Crippen LogP contribution in [0.2, 0.25) is 0 Å². The van der Waals surface area contributed by atoms with Crippen LogP contribution in [0.1, 0.15) is 63.3 Å². The molecule has 0 fully saturated rings. The molecule has 0 amide bonds. The Morgan fingerprint density at radius 2 is 1.29 bits per heavy atom. The van der Waals surface area contributed by atoms with Crippen molar-refractivity contribution in [3.63, 3.8) is 0 Å². The zero-order valence-corrected chi connectivity index (χ0v) is 20.1.